The van der Waals surface area contributed by atoms with Crippen molar-refractivity contribution in [3.05, 3.63) is 78.3 Å². The van der Waals surface area contributed by atoms with Gasteiger partial charge < -0.3 is 4.57 Å². The van der Waals surface area contributed by atoms with Crippen molar-refractivity contribution >= 4 is 28.2 Å². The molecule has 0 atom stereocenters. The van der Waals surface area contributed by atoms with Gasteiger partial charge in [-0.1, -0.05) is 29.8 Å². The number of nitrogens with zero attached hydrogens (tertiary/aromatic N) is 4. The van der Waals surface area contributed by atoms with Crippen LogP contribution in [-0.2, 0) is 7.05 Å². The molecule has 0 saturated carbocycles. The maximum absolute atomic E-state index is 6.15. The molecule has 5 aromatic rings. The van der Waals surface area contributed by atoms with E-state index in [1.807, 2.05) is 36.7 Å². The van der Waals surface area contributed by atoms with Crippen LogP contribution in [0.2, 0.25) is 5.02 Å². The summed E-state index contributed by atoms with van der Waals surface area (Å²) in [5.41, 5.74) is 6.02. The predicted octanol–water partition coefficient (Wildman–Crippen LogP) is 5.21. The lowest BCUT2D eigenvalue weighted by atomic mass is 10.1. The molecule has 0 aliphatic carbocycles. The lowest BCUT2D eigenvalue weighted by molar-refractivity contribution is 0.969. The second-order valence-corrected chi connectivity index (χ2v) is 6.79. The van der Waals surface area contributed by atoms with E-state index in [0.29, 0.717) is 5.02 Å². The zero-order valence-corrected chi connectivity index (χ0v) is 14.9. The van der Waals surface area contributed by atoms with Gasteiger partial charge in [0.05, 0.1) is 23.8 Å². The highest BCUT2D eigenvalue weighted by molar-refractivity contribution is 6.30. The van der Waals surface area contributed by atoms with E-state index in [4.69, 9.17) is 11.6 Å². The van der Waals surface area contributed by atoms with Gasteiger partial charge in [-0.3, -0.25) is 9.38 Å². The molecule has 5 rings (SSSR count). The molecule has 2 aromatic carbocycles. The molecule has 5 heteroatoms. The summed E-state index contributed by atoms with van der Waals surface area (Å²) < 4.78 is 4.17. The summed E-state index contributed by atoms with van der Waals surface area (Å²) in [4.78, 5) is 9.07. The van der Waals surface area contributed by atoms with Crippen molar-refractivity contribution in [2.24, 2.45) is 7.05 Å². The van der Waals surface area contributed by atoms with Gasteiger partial charge in [-0.2, -0.15) is 0 Å². The van der Waals surface area contributed by atoms with Crippen LogP contribution in [0.25, 0.3) is 39.1 Å². The molecule has 0 fully saturated rings. The highest BCUT2D eigenvalue weighted by Crippen LogP contribution is 2.27. The van der Waals surface area contributed by atoms with Gasteiger partial charge in [-0.25, -0.2) is 4.98 Å². The number of rotatable bonds is 2. The van der Waals surface area contributed by atoms with Crippen LogP contribution in [0.5, 0.6) is 0 Å². The van der Waals surface area contributed by atoms with Crippen LogP contribution in [0.1, 0.15) is 0 Å². The molecule has 0 spiro atoms. The molecule has 0 unspecified atom stereocenters. The first kappa shape index (κ1) is 15.2. The molecule has 0 bridgehead atoms. The molecule has 0 saturated heterocycles. The molecule has 0 aliphatic heterocycles. The Hall–Kier alpha value is -3.11. The van der Waals surface area contributed by atoms with Crippen molar-refractivity contribution in [3.63, 3.8) is 0 Å². The van der Waals surface area contributed by atoms with Crippen LogP contribution in [-0.4, -0.2) is 18.9 Å². The number of benzene rings is 2. The van der Waals surface area contributed by atoms with E-state index in [0.717, 1.165) is 28.2 Å². The first-order chi connectivity index (χ1) is 12.7. The Morgan fingerprint density at radius 1 is 0.923 bits per heavy atom. The average Bonchev–Trinajstić information content (AvgIpc) is 3.24. The number of aryl methyl sites for hydroxylation is 1. The normalized spacial score (nSPS) is 11.5. The van der Waals surface area contributed by atoms with E-state index in [1.165, 1.54) is 10.9 Å². The third-order valence-electron chi connectivity index (χ3n) is 4.70. The van der Waals surface area contributed by atoms with Crippen LogP contribution in [0, 0.1) is 0 Å². The van der Waals surface area contributed by atoms with E-state index < -0.39 is 0 Å². The molecule has 0 N–H and O–H groups in total. The molecule has 0 aliphatic rings. The Morgan fingerprint density at radius 2 is 1.85 bits per heavy atom. The first-order valence-electron chi connectivity index (χ1n) is 8.33. The molecular weight excluding hydrogens is 344 g/mol. The highest BCUT2D eigenvalue weighted by Gasteiger charge is 2.10. The monoisotopic (exact) mass is 358 g/mol. The average molecular weight is 359 g/mol. The van der Waals surface area contributed by atoms with E-state index in [-0.39, 0.29) is 0 Å². The zero-order chi connectivity index (χ0) is 17.7. The van der Waals surface area contributed by atoms with Crippen molar-refractivity contribution < 1.29 is 0 Å². The van der Waals surface area contributed by atoms with Gasteiger partial charge in [0.25, 0.3) is 0 Å². The molecular formula is C21H15ClN4. The summed E-state index contributed by atoms with van der Waals surface area (Å²) >= 11 is 6.15. The van der Waals surface area contributed by atoms with E-state index in [1.54, 1.807) is 6.20 Å². The van der Waals surface area contributed by atoms with Crippen LogP contribution >= 0.6 is 11.6 Å². The number of imidazole rings is 1. The standard InChI is InChI=1S/C21H15ClN4/c1-25-8-7-16-9-14(5-6-19(16)25)18-13-26-20(11-24-21(26)12-23-18)15-3-2-4-17(22)10-15/h2-13H,1H3. The largest absolute Gasteiger partial charge is 0.351 e. The fourth-order valence-electron chi connectivity index (χ4n) is 3.34. The molecule has 0 amide bonds. The van der Waals surface area contributed by atoms with E-state index >= 15 is 0 Å². The third kappa shape index (κ3) is 2.38. The van der Waals surface area contributed by atoms with E-state index in [9.17, 15) is 0 Å². The van der Waals surface area contributed by atoms with Crippen molar-refractivity contribution in [3.8, 4) is 22.5 Å². The summed E-state index contributed by atoms with van der Waals surface area (Å²) in [5, 5.41) is 1.91. The quantitative estimate of drug-likeness (QED) is 0.434. The summed E-state index contributed by atoms with van der Waals surface area (Å²) in [7, 11) is 2.05. The summed E-state index contributed by atoms with van der Waals surface area (Å²) in [6, 6.07) is 16.3. The first-order valence-corrected chi connectivity index (χ1v) is 8.71. The van der Waals surface area contributed by atoms with Gasteiger partial charge in [0.2, 0.25) is 0 Å². The molecule has 3 heterocycles. The Balaban J connectivity index is 1.67. The van der Waals surface area contributed by atoms with Gasteiger partial charge in [-0.15, -0.1) is 0 Å². The van der Waals surface area contributed by atoms with Crippen LogP contribution in [0.15, 0.2) is 73.3 Å². The van der Waals surface area contributed by atoms with Crippen LogP contribution < -0.4 is 0 Å². The second kappa shape index (κ2) is 5.71. The third-order valence-corrected chi connectivity index (χ3v) is 4.93. The smallest absolute Gasteiger partial charge is 0.155 e. The van der Waals surface area contributed by atoms with Gasteiger partial charge in [0, 0.05) is 46.5 Å². The topological polar surface area (TPSA) is 35.1 Å². The second-order valence-electron chi connectivity index (χ2n) is 6.35. The molecule has 26 heavy (non-hydrogen) atoms. The Kier molecular flexibility index (Phi) is 3.33. The summed E-state index contributed by atoms with van der Waals surface area (Å²) in [5.74, 6) is 0. The lowest BCUT2D eigenvalue weighted by Crippen LogP contribution is -1.93. The van der Waals surface area contributed by atoms with Gasteiger partial charge in [0.15, 0.2) is 5.65 Å². The van der Waals surface area contributed by atoms with Crippen molar-refractivity contribution in [1.82, 2.24) is 18.9 Å². The fraction of sp³-hybridized carbons (Fsp3) is 0.0476. The van der Waals surface area contributed by atoms with Crippen LogP contribution in [0.4, 0.5) is 0 Å². The number of halogens is 1. The molecule has 4 nitrogen and oxygen atoms in total. The van der Waals surface area contributed by atoms with Gasteiger partial charge in [-0.05, 0) is 30.3 Å². The minimum atomic E-state index is 0.709. The van der Waals surface area contributed by atoms with Crippen molar-refractivity contribution in [2.75, 3.05) is 0 Å². The van der Waals surface area contributed by atoms with Crippen LogP contribution in [0.3, 0.4) is 0 Å². The Bertz CT molecular complexity index is 1270. The lowest BCUT2D eigenvalue weighted by Gasteiger charge is -2.06. The summed E-state index contributed by atoms with van der Waals surface area (Å²) in [6.07, 6.45) is 7.76. The van der Waals surface area contributed by atoms with Gasteiger partial charge in [0.1, 0.15) is 0 Å². The Labute approximate surface area is 155 Å². The Morgan fingerprint density at radius 3 is 2.73 bits per heavy atom. The SMILES string of the molecule is Cn1ccc2cc(-c3cn4c(-c5cccc(Cl)c5)cnc4cn3)ccc21. The van der Waals surface area contributed by atoms with Crippen molar-refractivity contribution in [1.29, 1.82) is 0 Å². The minimum Gasteiger partial charge on any atom is -0.351 e. The molecule has 3 aromatic heterocycles. The highest BCUT2D eigenvalue weighted by atomic mass is 35.5. The number of aromatic nitrogens is 4. The molecule has 126 valence electrons. The minimum absolute atomic E-state index is 0.709. The summed E-state index contributed by atoms with van der Waals surface area (Å²) in [6.45, 7) is 0. The molecule has 0 radical (unpaired) electrons. The maximum Gasteiger partial charge on any atom is 0.155 e. The fourth-order valence-corrected chi connectivity index (χ4v) is 3.53. The zero-order valence-electron chi connectivity index (χ0n) is 14.1. The number of hydrogen-bond acceptors (Lipinski definition) is 2. The van der Waals surface area contributed by atoms with E-state index in [2.05, 4.69) is 56.4 Å². The predicted molar refractivity (Wildman–Crippen MR) is 105 cm³/mol. The maximum atomic E-state index is 6.15. The van der Waals surface area contributed by atoms with Gasteiger partial charge >= 0.3 is 0 Å². The number of fused-ring (bicyclic) bond motifs is 2. The van der Waals surface area contributed by atoms with Crippen molar-refractivity contribution in [2.45, 2.75) is 0 Å². The number of hydrogen-bond donors (Lipinski definition) is 0.